The zero-order valence-electron chi connectivity index (χ0n) is 16.5. The van der Waals surface area contributed by atoms with Gasteiger partial charge in [-0.3, -0.25) is 14.5 Å². The first-order valence-corrected chi connectivity index (χ1v) is 10.4. The van der Waals surface area contributed by atoms with Crippen LogP contribution in [0.15, 0.2) is 52.9 Å². The van der Waals surface area contributed by atoms with E-state index in [1.165, 1.54) is 17.0 Å². The van der Waals surface area contributed by atoms with E-state index in [9.17, 15) is 14.0 Å². The molecule has 1 aromatic heterocycles. The molecule has 0 unspecified atom stereocenters. The molecule has 2 aliphatic heterocycles. The van der Waals surface area contributed by atoms with Crippen molar-refractivity contribution in [3.05, 3.63) is 65.8 Å². The smallest absolute Gasteiger partial charge is 0.288 e. The van der Waals surface area contributed by atoms with E-state index in [-0.39, 0.29) is 42.6 Å². The van der Waals surface area contributed by atoms with E-state index in [1.54, 1.807) is 12.1 Å². The summed E-state index contributed by atoms with van der Waals surface area (Å²) in [7, 11) is 0. The number of piperidine rings is 1. The first-order valence-electron chi connectivity index (χ1n) is 10.4. The fraction of sp³-hybridized carbons (Fsp3) is 0.348. The minimum absolute atomic E-state index is 0.125. The number of quaternary nitrogens is 1. The number of benzene rings is 2. The van der Waals surface area contributed by atoms with Gasteiger partial charge in [-0.1, -0.05) is 24.3 Å². The van der Waals surface area contributed by atoms with Gasteiger partial charge in [0.2, 0.25) is 5.91 Å². The van der Waals surface area contributed by atoms with Gasteiger partial charge in [0.15, 0.2) is 17.5 Å². The molecule has 3 aromatic rings. The number of nitrogens with one attached hydrogen (secondary N) is 1. The van der Waals surface area contributed by atoms with Crippen LogP contribution in [-0.4, -0.2) is 40.8 Å². The summed E-state index contributed by atoms with van der Waals surface area (Å²) < 4.78 is 19.0. The van der Waals surface area contributed by atoms with Gasteiger partial charge in [-0.05, 0) is 29.8 Å². The lowest BCUT2D eigenvalue weighted by Gasteiger charge is -2.30. The number of halogens is 1. The normalized spacial score (nSPS) is 24.7. The van der Waals surface area contributed by atoms with Gasteiger partial charge < -0.3 is 9.32 Å². The molecule has 2 aliphatic rings. The Morgan fingerprint density at radius 1 is 1.07 bits per heavy atom. The predicted molar refractivity (Wildman–Crippen MR) is 107 cm³/mol. The Morgan fingerprint density at radius 3 is 2.53 bits per heavy atom. The maximum absolute atomic E-state index is 13.1. The summed E-state index contributed by atoms with van der Waals surface area (Å²) in [6.45, 7) is 1.81. The van der Waals surface area contributed by atoms with Crippen molar-refractivity contribution in [2.24, 2.45) is 0 Å². The molecule has 5 rings (SSSR count). The predicted octanol–water partition coefficient (Wildman–Crippen LogP) is 2.06. The summed E-state index contributed by atoms with van der Waals surface area (Å²) in [6.07, 6.45) is 1.99. The second-order valence-corrected chi connectivity index (χ2v) is 8.15. The van der Waals surface area contributed by atoms with Gasteiger partial charge in [0.25, 0.3) is 5.91 Å². The van der Waals surface area contributed by atoms with Gasteiger partial charge in [0.1, 0.15) is 11.3 Å². The highest BCUT2D eigenvalue weighted by Gasteiger charge is 2.46. The molecule has 1 atom stereocenters. The summed E-state index contributed by atoms with van der Waals surface area (Å²) in [4.78, 5) is 32.5. The standard InChI is InChI=1S/C23H22FN3O3/c24-17-7-5-15(6-8-17)14-27-21(28)13-19(23(27)29)26-11-9-16(10-12-26)22-25-18-3-1-2-4-20(18)30-22/h1-8,16,19H,9-14H2/p+1/t19-/m0/s1. The highest BCUT2D eigenvalue weighted by atomic mass is 19.1. The number of carbonyl (C=O) groups is 2. The van der Waals surface area contributed by atoms with E-state index in [0.717, 1.165) is 53.4 Å². The van der Waals surface area contributed by atoms with Crippen LogP contribution >= 0.6 is 0 Å². The maximum atomic E-state index is 13.1. The third-order valence-corrected chi connectivity index (χ3v) is 6.28. The second-order valence-electron chi connectivity index (χ2n) is 8.15. The lowest BCUT2D eigenvalue weighted by Crippen LogP contribution is -3.17. The van der Waals surface area contributed by atoms with Crippen LogP contribution in [0.2, 0.25) is 0 Å². The average Bonchev–Trinajstić information content (AvgIpc) is 3.32. The fourth-order valence-corrected chi connectivity index (χ4v) is 4.59. The van der Waals surface area contributed by atoms with Gasteiger partial charge in [-0.25, -0.2) is 9.37 Å². The molecule has 154 valence electrons. The Labute approximate surface area is 173 Å². The Morgan fingerprint density at radius 2 is 1.80 bits per heavy atom. The molecule has 0 radical (unpaired) electrons. The average molecular weight is 408 g/mol. The van der Waals surface area contributed by atoms with Crippen LogP contribution in [0.5, 0.6) is 0 Å². The number of imide groups is 1. The van der Waals surface area contributed by atoms with Crippen molar-refractivity contribution in [3.8, 4) is 0 Å². The second kappa shape index (κ2) is 7.65. The van der Waals surface area contributed by atoms with E-state index in [4.69, 9.17) is 4.42 Å². The van der Waals surface area contributed by atoms with Gasteiger partial charge in [0.05, 0.1) is 26.1 Å². The Bertz CT molecular complexity index is 1050. The number of rotatable bonds is 4. The largest absolute Gasteiger partial charge is 0.440 e. The SMILES string of the molecule is O=C1C[C@H]([NH+]2CCC(c3nc4ccccc4o3)CC2)C(=O)N1Cc1ccc(F)cc1. The topological polar surface area (TPSA) is 67.9 Å². The summed E-state index contributed by atoms with van der Waals surface area (Å²) in [5.41, 5.74) is 2.42. The molecule has 0 saturated carbocycles. The Kier molecular flexibility index (Phi) is 4.83. The van der Waals surface area contributed by atoms with Crippen LogP contribution in [0.1, 0.15) is 36.6 Å². The molecule has 0 bridgehead atoms. The van der Waals surface area contributed by atoms with Crippen molar-refractivity contribution < 1.29 is 23.3 Å². The summed E-state index contributed by atoms with van der Waals surface area (Å²) >= 11 is 0. The third-order valence-electron chi connectivity index (χ3n) is 6.28. The molecule has 0 aliphatic carbocycles. The van der Waals surface area contributed by atoms with Crippen molar-refractivity contribution >= 4 is 22.9 Å². The molecular weight excluding hydrogens is 385 g/mol. The van der Waals surface area contributed by atoms with E-state index >= 15 is 0 Å². The van der Waals surface area contributed by atoms with Crippen molar-refractivity contribution in [2.75, 3.05) is 13.1 Å². The first kappa shape index (κ1) is 18.9. The highest BCUT2D eigenvalue weighted by molar-refractivity contribution is 6.04. The number of likely N-dealkylation sites (tertiary alicyclic amines) is 2. The number of hydrogen-bond donors (Lipinski definition) is 1. The van der Waals surface area contributed by atoms with Crippen molar-refractivity contribution in [1.29, 1.82) is 0 Å². The molecule has 2 amide bonds. The maximum Gasteiger partial charge on any atom is 0.288 e. The van der Waals surface area contributed by atoms with Crippen LogP contribution in [-0.2, 0) is 16.1 Å². The van der Waals surface area contributed by atoms with Gasteiger partial charge >= 0.3 is 0 Å². The molecule has 6 nitrogen and oxygen atoms in total. The molecule has 2 aromatic carbocycles. The minimum Gasteiger partial charge on any atom is -0.440 e. The Hall–Kier alpha value is -3.06. The molecule has 7 heteroatoms. The summed E-state index contributed by atoms with van der Waals surface area (Å²) in [5, 5.41) is 0. The van der Waals surface area contributed by atoms with Crippen LogP contribution in [0.3, 0.4) is 0 Å². The lowest BCUT2D eigenvalue weighted by atomic mass is 9.95. The molecule has 3 heterocycles. The third kappa shape index (κ3) is 3.50. The van der Waals surface area contributed by atoms with Crippen LogP contribution < -0.4 is 4.90 Å². The molecule has 0 spiro atoms. The number of fused-ring (bicyclic) bond motifs is 1. The van der Waals surface area contributed by atoms with Gasteiger partial charge in [0, 0.05) is 18.8 Å². The first-order chi connectivity index (χ1) is 14.6. The monoisotopic (exact) mass is 408 g/mol. The number of nitrogens with zero attached hydrogens (tertiary/aromatic N) is 2. The summed E-state index contributed by atoms with van der Waals surface area (Å²) in [5.74, 6) is 0.398. The lowest BCUT2D eigenvalue weighted by molar-refractivity contribution is -0.920. The zero-order chi connectivity index (χ0) is 20.7. The van der Waals surface area contributed by atoms with E-state index in [2.05, 4.69) is 4.98 Å². The number of oxazole rings is 1. The zero-order valence-corrected chi connectivity index (χ0v) is 16.5. The van der Waals surface area contributed by atoms with Gasteiger partial charge in [-0.2, -0.15) is 0 Å². The van der Waals surface area contributed by atoms with E-state index in [0.29, 0.717) is 0 Å². The van der Waals surface area contributed by atoms with Gasteiger partial charge in [-0.15, -0.1) is 0 Å². The molecule has 1 N–H and O–H groups in total. The van der Waals surface area contributed by atoms with Crippen molar-refractivity contribution in [3.63, 3.8) is 0 Å². The van der Waals surface area contributed by atoms with Crippen molar-refractivity contribution in [2.45, 2.75) is 37.8 Å². The highest BCUT2D eigenvalue weighted by Crippen LogP contribution is 2.27. The van der Waals surface area contributed by atoms with E-state index < -0.39 is 0 Å². The molecule has 2 saturated heterocycles. The Balaban J connectivity index is 1.23. The van der Waals surface area contributed by atoms with E-state index in [1.807, 2.05) is 24.3 Å². The number of aromatic nitrogens is 1. The fourth-order valence-electron chi connectivity index (χ4n) is 4.59. The summed E-state index contributed by atoms with van der Waals surface area (Å²) in [6, 6.07) is 13.3. The number of para-hydroxylation sites is 2. The number of amides is 2. The number of hydrogen-bond acceptors (Lipinski definition) is 4. The minimum atomic E-state index is -0.332. The van der Waals surface area contributed by atoms with Crippen LogP contribution in [0, 0.1) is 5.82 Å². The molecular formula is C23H23FN3O3+. The molecule has 30 heavy (non-hydrogen) atoms. The molecule has 2 fully saturated rings. The van der Waals surface area contributed by atoms with Crippen LogP contribution in [0.25, 0.3) is 11.1 Å². The van der Waals surface area contributed by atoms with Crippen molar-refractivity contribution in [1.82, 2.24) is 9.88 Å². The number of carbonyl (C=O) groups excluding carboxylic acids is 2. The van der Waals surface area contributed by atoms with Crippen LogP contribution in [0.4, 0.5) is 4.39 Å². The quantitative estimate of drug-likeness (QED) is 0.671.